The second-order valence-electron chi connectivity index (χ2n) is 4.16. The van der Waals surface area contributed by atoms with Crippen LogP contribution in [0, 0.1) is 0 Å². The molecule has 4 nitrogen and oxygen atoms in total. The third-order valence-electron chi connectivity index (χ3n) is 2.86. The smallest absolute Gasteiger partial charge is 0.0615 e. The first-order valence-corrected chi connectivity index (χ1v) is 6.26. The van der Waals surface area contributed by atoms with Crippen molar-refractivity contribution in [2.75, 3.05) is 40.0 Å². The van der Waals surface area contributed by atoms with Gasteiger partial charge >= 0.3 is 0 Å². The lowest BCUT2D eigenvalue weighted by molar-refractivity contribution is 0.0927. The maximum Gasteiger partial charge on any atom is 0.0615 e. The highest BCUT2D eigenvalue weighted by Gasteiger charge is 2.16. The van der Waals surface area contributed by atoms with Gasteiger partial charge in [-0.15, -0.1) is 0 Å². The molecular weight excluding hydrogens is 204 g/mol. The summed E-state index contributed by atoms with van der Waals surface area (Å²) in [5.74, 6) is 0. The van der Waals surface area contributed by atoms with Gasteiger partial charge in [0.2, 0.25) is 0 Å². The van der Waals surface area contributed by atoms with E-state index in [0.717, 1.165) is 32.7 Å². The van der Waals surface area contributed by atoms with Crippen LogP contribution in [0.5, 0.6) is 0 Å². The number of ether oxygens (including phenoxy) is 1. The Morgan fingerprint density at radius 2 is 2.06 bits per heavy atom. The molecule has 0 aliphatic rings. The number of likely N-dealkylation sites (N-methyl/N-ethyl adjacent to an activating group) is 2. The Bertz CT molecular complexity index is 150. The number of hydrogen-bond acceptors (Lipinski definition) is 4. The Balaban J connectivity index is 4.12. The maximum atomic E-state index is 9.01. The summed E-state index contributed by atoms with van der Waals surface area (Å²) in [4.78, 5) is 2.38. The van der Waals surface area contributed by atoms with Crippen LogP contribution in [0.25, 0.3) is 0 Å². The van der Waals surface area contributed by atoms with Gasteiger partial charge in [0.1, 0.15) is 0 Å². The van der Waals surface area contributed by atoms with Crippen molar-refractivity contribution >= 4 is 0 Å². The van der Waals surface area contributed by atoms with Gasteiger partial charge in [0.15, 0.2) is 0 Å². The normalized spacial score (nSPS) is 15.4. The minimum Gasteiger partial charge on any atom is -0.396 e. The van der Waals surface area contributed by atoms with Crippen LogP contribution in [0.3, 0.4) is 0 Å². The summed E-state index contributed by atoms with van der Waals surface area (Å²) in [5, 5.41) is 12.4. The van der Waals surface area contributed by atoms with E-state index in [4.69, 9.17) is 9.84 Å². The highest BCUT2D eigenvalue weighted by atomic mass is 16.5. The highest BCUT2D eigenvalue weighted by Crippen LogP contribution is 2.03. The fourth-order valence-corrected chi connectivity index (χ4v) is 1.95. The largest absolute Gasteiger partial charge is 0.396 e. The van der Waals surface area contributed by atoms with E-state index in [1.54, 1.807) is 7.11 Å². The first-order valence-electron chi connectivity index (χ1n) is 6.26. The van der Waals surface area contributed by atoms with Crippen LogP contribution >= 0.6 is 0 Å². The first kappa shape index (κ1) is 15.8. The molecular formula is C12H28N2O2. The quantitative estimate of drug-likeness (QED) is 0.582. The van der Waals surface area contributed by atoms with Crippen LogP contribution in [-0.2, 0) is 4.74 Å². The molecule has 2 unspecified atom stereocenters. The minimum absolute atomic E-state index is 0.244. The Labute approximate surface area is 100.0 Å². The summed E-state index contributed by atoms with van der Waals surface area (Å²) in [7, 11) is 1.74. The van der Waals surface area contributed by atoms with Gasteiger partial charge in [0.25, 0.3) is 0 Å². The van der Waals surface area contributed by atoms with Crippen molar-refractivity contribution in [3.8, 4) is 0 Å². The number of methoxy groups -OCH3 is 1. The summed E-state index contributed by atoms with van der Waals surface area (Å²) >= 11 is 0. The Morgan fingerprint density at radius 3 is 2.50 bits per heavy atom. The van der Waals surface area contributed by atoms with E-state index in [-0.39, 0.29) is 6.61 Å². The average molecular weight is 232 g/mol. The van der Waals surface area contributed by atoms with Crippen molar-refractivity contribution in [2.45, 2.75) is 39.3 Å². The molecule has 0 aliphatic heterocycles. The van der Waals surface area contributed by atoms with Crippen molar-refractivity contribution in [1.29, 1.82) is 0 Å². The fraction of sp³-hybridized carbons (Fsp3) is 1.00. The van der Waals surface area contributed by atoms with Gasteiger partial charge in [-0.3, -0.25) is 4.90 Å². The third kappa shape index (κ3) is 6.43. The van der Waals surface area contributed by atoms with E-state index in [9.17, 15) is 0 Å². The lowest BCUT2D eigenvalue weighted by Crippen LogP contribution is -2.46. The van der Waals surface area contributed by atoms with Crippen LogP contribution in [0.1, 0.15) is 27.2 Å². The van der Waals surface area contributed by atoms with Gasteiger partial charge in [0.05, 0.1) is 6.61 Å². The fourth-order valence-electron chi connectivity index (χ4n) is 1.95. The van der Waals surface area contributed by atoms with Gasteiger partial charge in [0, 0.05) is 32.3 Å². The van der Waals surface area contributed by atoms with Crippen molar-refractivity contribution in [3.05, 3.63) is 0 Å². The third-order valence-corrected chi connectivity index (χ3v) is 2.86. The van der Waals surface area contributed by atoms with E-state index in [0.29, 0.717) is 12.1 Å². The van der Waals surface area contributed by atoms with Crippen LogP contribution in [0.4, 0.5) is 0 Å². The minimum atomic E-state index is 0.244. The summed E-state index contributed by atoms with van der Waals surface area (Å²) < 4.78 is 5.18. The molecule has 0 rings (SSSR count). The van der Waals surface area contributed by atoms with Gasteiger partial charge in [-0.2, -0.15) is 0 Å². The average Bonchev–Trinajstić information content (AvgIpc) is 2.26. The molecule has 98 valence electrons. The molecule has 0 aliphatic carbocycles. The molecule has 0 heterocycles. The molecule has 4 heteroatoms. The number of aliphatic hydroxyl groups is 1. The molecule has 0 bridgehead atoms. The van der Waals surface area contributed by atoms with Gasteiger partial charge < -0.3 is 15.2 Å². The summed E-state index contributed by atoms with van der Waals surface area (Å²) in [6, 6.07) is 0.795. The van der Waals surface area contributed by atoms with Crippen molar-refractivity contribution < 1.29 is 9.84 Å². The van der Waals surface area contributed by atoms with Crippen LogP contribution < -0.4 is 5.32 Å². The molecule has 0 saturated carbocycles. The zero-order valence-electron chi connectivity index (χ0n) is 11.2. The summed E-state index contributed by atoms with van der Waals surface area (Å²) in [6.07, 6.45) is 0.810. The predicted molar refractivity (Wildman–Crippen MR) is 67.8 cm³/mol. The van der Waals surface area contributed by atoms with E-state index in [1.165, 1.54) is 0 Å². The SMILES string of the molecule is CCNC(CCO)CN(CC)C(C)COC. The molecule has 0 fully saturated rings. The highest BCUT2D eigenvalue weighted by molar-refractivity contribution is 4.74. The molecule has 0 aromatic heterocycles. The van der Waals surface area contributed by atoms with E-state index in [2.05, 4.69) is 31.0 Å². The topological polar surface area (TPSA) is 44.7 Å². The molecule has 0 radical (unpaired) electrons. The number of nitrogens with zero attached hydrogens (tertiary/aromatic N) is 1. The number of rotatable bonds is 10. The molecule has 16 heavy (non-hydrogen) atoms. The molecule has 0 spiro atoms. The van der Waals surface area contributed by atoms with Gasteiger partial charge in [-0.25, -0.2) is 0 Å². The predicted octanol–water partition coefficient (Wildman–Crippen LogP) is 0.704. The number of nitrogens with one attached hydrogen (secondary N) is 1. The maximum absolute atomic E-state index is 9.01. The Kier molecular flexibility index (Phi) is 9.92. The zero-order chi connectivity index (χ0) is 12.4. The molecule has 0 aromatic rings. The van der Waals surface area contributed by atoms with Gasteiger partial charge in [-0.1, -0.05) is 13.8 Å². The second-order valence-corrected chi connectivity index (χ2v) is 4.16. The van der Waals surface area contributed by atoms with E-state index >= 15 is 0 Å². The van der Waals surface area contributed by atoms with Crippen molar-refractivity contribution in [1.82, 2.24) is 10.2 Å². The summed E-state index contributed by atoms with van der Waals surface area (Å²) in [5.41, 5.74) is 0. The zero-order valence-corrected chi connectivity index (χ0v) is 11.2. The Hall–Kier alpha value is -0.160. The van der Waals surface area contributed by atoms with Crippen LogP contribution in [-0.4, -0.2) is 62.0 Å². The molecule has 0 amide bonds. The number of hydrogen-bond donors (Lipinski definition) is 2. The lowest BCUT2D eigenvalue weighted by atomic mass is 10.1. The van der Waals surface area contributed by atoms with Crippen molar-refractivity contribution in [3.63, 3.8) is 0 Å². The Morgan fingerprint density at radius 1 is 1.38 bits per heavy atom. The molecule has 2 N–H and O–H groups in total. The summed E-state index contributed by atoms with van der Waals surface area (Å²) in [6.45, 7) is 10.4. The van der Waals surface area contributed by atoms with Gasteiger partial charge in [-0.05, 0) is 26.4 Å². The van der Waals surface area contributed by atoms with Crippen LogP contribution in [0.2, 0.25) is 0 Å². The molecule has 0 aromatic carbocycles. The molecule has 0 saturated heterocycles. The monoisotopic (exact) mass is 232 g/mol. The van der Waals surface area contributed by atoms with Crippen LogP contribution in [0.15, 0.2) is 0 Å². The van der Waals surface area contributed by atoms with Crippen molar-refractivity contribution in [2.24, 2.45) is 0 Å². The second kappa shape index (κ2) is 10.0. The van der Waals surface area contributed by atoms with E-state index < -0.39 is 0 Å². The van der Waals surface area contributed by atoms with E-state index in [1.807, 2.05) is 0 Å². The molecule has 2 atom stereocenters. The standard InChI is InChI=1S/C12H28N2O2/c1-5-13-12(7-8-15)9-14(6-2)11(3)10-16-4/h11-13,15H,5-10H2,1-4H3. The lowest BCUT2D eigenvalue weighted by Gasteiger charge is -2.31. The number of aliphatic hydroxyl groups excluding tert-OH is 1. The first-order chi connectivity index (χ1) is 7.69.